The van der Waals surface area contributed by atoms with Crippen molar-refractivity contribution < 1.29 is 8.97 Å². The average molecular weight is 317 g/mol. The molecule has 1 aromatic rings. The molecular weight excluding hydrogens is 292 g/mol. The Morgan fingerprint density at radius 1 is 1.35 bits per heavy atom. The first-order valence-electron chi connectivity index (χ1n) is 7.96. The van der Waals surface area contributed by atoms with E-state index in [0.29, 0.717) is 19.6 Å². The summed E-state index contributed by atoms with van der Waals surface area (Å²) in [7, 11) is -1.52. The van der Waals surface area contributed by atoms with Gasteiger partial charge in [0.15, 0.2) is 0 Å². The van der Waals surface area contributed by atoms with E-state index in [1.807, 2.05) is 46.8 Å². The number of hydrogen-bond acceptors (Lipinski definition) is 3. The Bertz CT molecular complexity index is 688. The number of aryl methyl sites for hydroxylation is 2. The van der Waals surface area contributed by atoms with Gasteiger partial charge >= 0.3 is 7.33 Å². The lowest BCUT2D eigenvalue weighted by molar-refractivity contribution is 0.278. The normalized spacial score (nSPS) is 16.5. The molecule has 0 aliphatic carbocycles. The summed E-state index contributed by atoms with van der Waals surface area (Å²) >= 11 is 0. The van der Waals surface area contributed by atoms with Crippen molar-refractivity contribution in [2.24, 2.45) is 10.7 Å². The molecule has 0 bridgehead atoms. The first-order chi connectivity index (χ1) is 10.9. The zero-order valence-electron chi connectivity index (χ0n) is 14.6. The molecule has 1 aliphatic rings. The second-order valence-corrected chi connectivity index (χ2v) is 6.05. The Kier molecular flexibility index (Phi) is 5.60. The van der Waals surface area contributed by atoms with Gasteiger partial charge in [-0.3, -0.25) is 9.31 Å². The summed E-state index contributed by atoms with van der Waals surface area (Å²) in [6.07, 6.45) is 2.68. The summed E-state index contributed by atoms with van der Waals surface area (Å²) in [6.45, 7) is 10.6. The van der Waals surface area contributed by atoms with Crippen molar-refractivity contribution in [3.63, 3.8) is 0 Å². The van der Waals surface area contributed by atoms with Crippen LogP contribution >= 0.6 is 0 Å². The van der Waals surface area contributed by atoms with Gasteiger partial charge in [-0.15, -0.1) is 0 Å². The van der Waals surface area contributed by atoms with Crippen LogP contribution in [0.5, 0.6) is 0 Å². The largest absolute Gasteiger partial charge is 0.637 e. The molecule has 6 heteroatoms. The van der Waals surface area contributed by atoms with Gasteiger partial charge in [0.25, 0.3) is 0 Å². The Morgan fingerprint density at radius 3 is 2.61 bits per heavy atom. The molecule has 0 unspecified atom stereocenters. The van der Waals surface area contributed by atoms with Crippen LogP contribution in [0, 0.1) is 13.8 Å². The number of rotatable bonds is 6. The summed E-state index contributed by atoms with van der Waals surface area (Å²) in [5.41, 5.74) is 12.1. The smallest absolute Gasteiger partial charge is 0.388 e. The maximum Gasteiger partial charge on any atom is 0.637 e. The van der Waals surface area contributed by atoms with E-state index in [1.54, 1.807) is 4.48 Å². The van der Waals surface area contributed by atoms with E-state index >= 15 is 0 Å². The van der Waals surface area contributed by atoms with E-state index in [2.05, 4.69) is 4.99 Å². The molecule has 1 aromatic heterocycles. The molecule has 2 rings (SSSR count). The highest BCUT2D eigenvalue weighted by molar-refractivity contribution is 6.42. The molecule has 124 valence electrons. The number of hydrogen-bond donors (Lipinski definition) is 1. The van der Waals surface area contributed by atoms with Gasteiger partial charge in [0.1, 0.15) is 0 Å². The Hall–Kier alpha value is -1.66. The number of aliphatic imine (C=N–C) groups is 1. The molecule has 0 aromatic carbocycles. The van der Waals surface area contributed by atoms with Gasteiger partial charge in [-0.2, -0.15) is 0 Å². The second-order valence-electron chi connectivity index (χ2n) is 6.05. The number of allylic oxidation sites excluding steroid dienone is 3. The Morgan fingerprint density at radius 2 is 2.04 bits per heavy atom. The number of halogens is 1. The lowest BCUT2D eigenvalue weighted by Gasteiger charge is -2.16. The van der Waals surface area contributed by atoms with E-state index in [-0.39, 0.29) is 0 Å². The lowest BCUT2D eigenvalue weighted by Crippen LogP contribution is -2.27. The summed E-state index contributed by atoms with van der Waals surface area (Å²) in [6, 6.07) is 1.98. The minimum absolute atomic E-state index is 0.305. The molecule has 4 nitrogen and oxygen atoms in total. The fourth-order valence-electron chi connectivity index (χ4n) is 3.06. The number of nitrogens with two attached hydrogens (primary N) is 1. The fourth-order valence-corrected chi connectivity index (χ4v) is 3.06. The lowest BCUT2D eigenvalue weighted by atomic mass is 10.0. The minimum atomic E-state index is -1.52. The van der Waals surface area contributed by atoms with E-state index in [0.717, 1.165) is 39.5 Å². The molecule has 2 N–H and O–H groups in total. The third-order valence-electron chi connectivity index (χ3n) is 4.02. The van der Waals surface area contributed by atoms with Crippen LogP contribution in [0.2, 0.25) is 0 Å². The molecule has 0 saturated heterocycles. The van der Waals surface area contributed by atoms with E-state index in [4.69, 9.17) is 10.4 Å². The first-order valence-corrected chi connectivity index (χ1v) is 7.96. The van der Waals surface area contributed by atoms with E-state index in [1.165, 1.54) is 0 Å². The van der Waals surface area contributed by atoms with Crippen LogP contribution in [-0.2, 0) is 4.65 Å². The van der Waals surface area contributed by atoms with E-state index < -0.39 is 7.33 Å². The fraction of sp³-hybridized carbons (Fsp3) is 0.471. The molecule has 0 radical (unpaired) electrons. The maximum atomic E-state index is 14.6. The zero-order chi connectivity index (χ0) is 17.1. The van der Waals surface area contributed by atoms with Crippen molar-refractivity contribution in [2.45, 2.75) is 41.0 Å². The standard InChI is InChI=1S/C17H25BFN3O/c1-11-9-13(3)21-16(11)15(5)17-12(2)10-14(4)22(17)18(19)23-8-6-7-20/h9-10H,6-8,20H2,1-5H3/b16-15-. The molecule has 0 spiro atoms. The molecule has 23 heavy (non-hydrogen) atoms. The average Bonchev–Trinajstić information content (AvgIpc) is 2.96. The predicted molar refractivity (Wildman–Crippen MR) is 95.2 cm³/mol. The molecule has 0 atom stereocenters. The number of aromatic nitrogens is 1. The van der Waals surface area contributed by atoms with Crippen LogP contribution in [0.15, 0.2) is 28.4 Å². The molecule has 2 heterocycles. The predicted octanol–water partition coefficient (Wildman–Crippen LogP) is 3.42. The first kappa shape index (κ1) is 17.7. The van der Waals surface area contributed by atoms with E-state index in [9.17, 15) is 4.32 Å². The highest BCUT2D eigenvalue weighted by Crippen LogP contribution is 2.31. The van der Waals surface area contributed by atoms with Crippen LogP contribution in [0.4, 0.5) is 4.32 Å². The summed E-state index contributed by atoms with van der Waals surface area (Å²) in [5.74, 6) is 0. The zero-order valence-corrected chi connectivity index (χ0v) is 14.6. The maximum absolute atomic E-state index is 14.6. The van der Waals surface area contributed by atoms with Gasteiger partial charge in [-0.05, 0) is 76.4 Å². The van der Waals surface area contributed by atoms with Crippen LogP contribution < -0.4 is 5.73 Å². The minimum Gasteiger partial charge on any atom is -0.388 e. The van der Waals surface area contributed by atoms with Crippen LogP contribution in [0.25, 0.3) is 5.57 Å². The third kappa shape index (κ3) is 3.64. The third-order valence-corrected chi connectivity index (χ3v) is 4.02. The van der Waals surface area contributed by atoms with Gasteiger partial charge in [0.2, 0.25) is 0 Å². The quantitative estimate of drug-likeness (QED) is 0.645. The SMILES string of the molecule is CC1=CC(C)=N/C1=C(/C)c1c(C)cc(C)n1B(F)OCCCN. The highest BCUT2D eigenvalue weighted by Gasteiger charge is 2.27. The van der Waals surface area contributed by atoms with Gasteiger partial charge in [-0.1, -0.05) is 0 Å². The van der Waals surface area contributed by atoms with Crippen molar-refractivity contribution in [1.29, 1.82) is 0 Å². The highest BCUT2D eigenvalue weighted by atomic mass is 19.1. The van der Waals surface area contributed by atoms with Crippen molar-refractivity contribution in [2.75, 3.05) is 13.2 Å². The summed E-state index contributed by atoms with van der Waals surface area (Å²) in [4.78, 5) is 4.58. The van der Waals surface area contributed by atoms with Gasteiger partial charge in [-0.25, -0.2) is 0 Å². The van der Waals surface area contributed by atoms with Crippen LogP contribution in [0.1, 0.15) is 44.1 Å². The Labute approximate surface area is 138 Å². The molecular formula is C17H25BFN3O. The van der Waals surface area contributed by atoms with Crippen LogP contribution in [-0.4, -0.2) is 30.7 Å². The molecule has 1 aliphatic heterocycles. The van der Waals surface area contributed by atoms with Crippen molar-refractivity contribution >= 4 is 18.6 Å². The van der Waals surface area contributed by atoms with Gasteiger partial charge < -0.3 is 14.9 Å². The topological polar surface area (TPSA) is 52.5 Å². The Balaban J connectivity index is 2.44. The van der Waals surface area contributed by atoms with Crippen LogP contribution in [0.3, 0.4) is 0 Å². The summed E-state index contributed by atoms with van der Waals surface area (Å²) < 4.78 is 21.6. The molecule has 0 saturated carbocycles. The second kappa shape index (κ2) is 7.28. The molecule has 0 fully saturated rings. The summed E-state index contributed by atoms with van der Waals surface area (Å²) in [5, 5.41) is 0. The molecule has 0 amide bonds. The monoisotopic (exact) mass is 317 g/mol. The van der Waals surface area contributed by atoms with Gasteiger partial charge in [0, 0.05) is 23.7 Å². The number of nitrogens with zero attached hydrogens (tertiary/aromatic N) is 2. The van der Waals surface area contributed by atoms with Crippen molar-refractivity contribution in [3.8, 4) is 0 Å². The van der Waals surface area contributed by atoms with Crippen molar-refractivity contribution in [3.05, 3.63) is 40.4 Å². The van der Waals surface area contributed by atoms with Gasteiger partial charge in [0.05, 0.1) is 5.70 Å². The van der Waals surface area contributed by atoms with Crippen molar-refractivity contribution in [1.82, 2.24) is 4.48 Å².